The van der Waals surface area contributed by atoms with Crippen LogP contribution in [0, 0.1) is 3.57 Å². The Morgan fingerprint density at radius 3 is 2.53 bits per heavy atom. The minimum atomic E-state index is 0.711. The lowest BCUT2D eigenvalue weighted by Crippen LogP contribution is -2.41. The summed E-state index contributed by atoms with van der Waals surface area (Å²) in [5, 5.41) is 3.36. The topological polar surface area (TPSA) is 15.3 Å². The van der Waals surface area contributed by atoms with Crippen molar-refractivity contribution in [1.29, 1.82) is 0 Å². The zero-order valence-electron chi connectivity index (χ0n) is 9.04. The molecule has 0 unspecified atom stereocenters. The Morgan fingerprint density at radius 1 is 1.27 bits per heavy atom. The molecule has 1 N–H and O–H groups in total. The Morgan fingerprint density at radius 2 is 1.93 bits per heavy atom. The van der Waals surface area contributed by atoms with E-state index in [1.807, 2.05) is 0 Å². The fourth-order valence-electron chi connectivity index (χ4n) is 2.12. The highest BCUT2D eigenvalue weighted by Gasteiger charge is 2.18. The number of rotatable bonds is 2. The van der Waals surface area contributed by atoms with Crippen molar-refractivity contribution < 1.29 is 0 Å². The van der Waals surface area contributed by atoms with Gasteiger partial charge in [-0.1, -0.05) is 12.1 Å². The molecule has 0 bridgehead atoms. The van der Waals surface area contributed by atoms with Crippen molar-refractivity contribution in [3.63, 3.8) is 0 Å². The smallest absolute Gasteiger partial charge is 0.0501 e. The number of hydrogen-bond donors (Lipinski definition) is 1. The van der Waals surface area contributed by atoms with Crippen molar-refractivity contribution in [3.8, 4) is 0 Å². The maximum Gasteiger partial charge on any atom is 0.0501 e. The first-order chi connectivity index (χ1) is 7.31. The second kappa shape index (κ2) is 5.16. The zero-order valence-corrected chi connectivity index (χ0v) is 11.2. The lowest BCUT2D eigenvalue weighted by atomic mass is 10.0. The summed E-state index contributed by atoms with van der Waals surface area (Å²) in [7, 11) is 2.06. The van der Waals surface area contributed by atoms with Crippen molar-refractivity contribution in [3.05, 3.63) is 27.8 Å². The van der Waals surface area contributed by atoms with Gasteiger partial charge in [0.05, 0.1) is 5.69 Å². The Hall–Kier alpha value is -0.290. The third kappa shape index (κ3) is 2.64. The second-order valence-electron chi connectivity index (χ2n) is 4.00. The summed E-state index contributed by atoms with van der Waals surface area (Å²) in [6.45, 7) is 2.34. The zero-order chi connectivity index (χ0) is 10.7. The number of benzene rings is 1. The van der Waals surface area contributed by atoms with E-state index in [-0.39, 0.29) is 0 Å². The molecule has 82 valence electrons. The minimum absolute atomic E-state index is 0.711. The van der Waals surface area contributed by atoms with Gasteiger partial charge in [-0.3, -0.25) is 0 Å². The Kier molecular flexibility index (Phi) is 3.86. The molecule has 1 aliphatic rings. The number of anilines is 1. The van der Waals surface area contributed by atoms with Crippen molar-refractivity contribution in [2.45, 2.75) is 18.9 Å². The highest BCUT2D eigenvalue weighted by Crippen LogP contribution is 2.25. The molecule has 3 heteroatoms. The minimum Gasteiger partial charge on any atom is -0.371 e. The summed E-state index contributed by atoms with van der Waals surface area (Å²) in [6, 6.07) is 9.34. The van der Waals surface area contributed by atoms with Crippen LogP contribution >= 0.6 is 22.6 Å². The van der Waals surface area contributed by atoms with Gasteiger partial charge >= 0.3 is 0 Å². The number of piperidine rings is 1. The van der Waals surface area contributed by atoms with E-state index in [0.29, 0.717) is 6.04 Å². The fourth-order valence-corrected chi connectivity index (χ4v) is 2.85. The van der Waals surface area contributed by atoms with E-state index in [2.05, 4.69) is 64.1 Å². The summed E-state index contributed by atoms with van der Waals surface area (Å²) in [5.74, 6) is 0. The molecule has 1 aromatic rings. The first kappa shape index (κ1) is 11.2. The molecular formula is C12H17IN2. The molecule has 0 spiro atoms. The van der Waals surface area contributed by atoms with Crippen LogP contribution in [0.3, 0.4) is 0 Å². The van der Waals surface area contributed by atoms with E-state index >= 15 is 0 Å². The molecule has 0 aromatic heterocycles. The van der Waals surface area contributed by atoms with Crippen LogP contribution in [0.15, 0.2) is 24.3 Å². The van der Waals surface area contributed by atoms with Crippen molar-refractivity contribution in [2.24, 2.45) is 0 Å². The average molecular weight is 316 g/mol. The van der Waals surface area contributed by atoms with E-state index in [9.17, 15) is 0 Å². The summed E-state index contributed by atoms with van der Waals surface area (Å²) in [6.07, 6.45) is 2.50. The summed E-state index contributed by atoms with van der Waals surface area (Å²) < 4.78 is 1.36. The number of halogens is 1. The van der Waals surface area contributed by atoms with Gasteiger partial charge in [-0.2, -0.15) is 0 Å². The monoisotopic (exact) mass is 316 g/mol. The van der Waals surface area contributed by atoms with Gasteiger partial charge in [0, 0.05) is 22.7 Å². The van der Waals surface area contributed by atoms with Crippen LogP contribution < -0.4 is 10.2 Å². The first-order valence-corrected chi connectivity index (χ1v) is 6.56. The molecular weight excluding hydrogens is 299 g/mol. The summed E-state index contributed by atoms with van der Waals surface area (Å²) in [5.41, 5.74) is 1.40. The summed E-state index contributed by atoms with van der Waals surface area (Å²) >= 11 is 2.42. The molecule has 0 aliphatic carbocycles. The predicted molar refractivity (Wildman–Crippen MR) is 73.5 cm³/mol. The SMILES string of the molecule is CNC1CCN(c2ccccc2I)CC1. The molecule has 2 nitrogen and oxygen atoms in total. The van der Waals surface area contributed by atoms with Gasteiger partial charge in [-0.15, -0.1) is 0 Å². The normalized spacial score (nSPS) is 18.1. The van der Waals surface area contributed by atoms with E-state index in [0.717, 1.165) is 0 Å². The van der Waals surface area contributed by atoms with Crippen LogP contribution in [0.4, 0.5) is 5.69 Å². The average Bonchev–Trinajstić information content (AvgIpc) is 2.30. The van der Waals surface area contributed by atoms with Crippen LogP contribution in [0.1, 0.15) is 12.8 Å². The molecule has 1 aromatic carbocycles. The molecule has 0 atom stereocenters. The maximum absolute atomic E-state index is 3.36. The third-order valence-corrected chi connectivity index (χ3v) is 4.01. The van der Waals surface area contributed by atoms with Gasteiger partial charge in [0.1, 0.15) is 0 Å². The Bertz CT molecular complexity index is 319. The molecule has 0 radical (unpaired) electrons. The van der Waals surface area contributed by atoms with E-state index in [4.69, 9.17) is 0 Å². The molecule has 2 rings (SSSR count). The maximum atomic E-state index is 3.36. The van der Waals surface area contributed by atoms with Crippen LogP contribution in [0.5, 0.6) is 0 Å². The van der Waals surface area contributed by atoms with Gasteiger partial charge in [-0.05, 0) is 54.6 Å². The lowest BCUT2D eigenvalue weighted by molar-refractivity contribution is 0.442. The quantitative estimate of drug-likeness (QED) is 0.844. The fraction of sp³-hybridized carbons (Fsp3) is 0.500. The van der Waals surface area contributed by atoms with Crippen molar-refractivity contribution in [1.82, 2.24) is 5.32 Å². The van der Waals surface area contributed by atoms with Crippen molar-refractivity contribution >= 4 is 28.3 Å². The first-order valence-electron chi connectivity index (χ1n) is 5.48. The number of hydrogen-bond acceptors (Lipinski definition) is 2. The standard InChI is InChI=1S/C12H17IN2/c1-14-10-6-8-15(9-7-10)12-5-3-2-4-11(12)13/h2-5,10,14H,6-9H2,1H3. The van der Waals surface area contributed by atoms with Crippen LogP contribution in [-0.2, 0) is 0 Å². The Labute approximate surface area is 105 Å². The molecule has 0 saturated carbocycles. The number of nitrogens with zero attached hydrogens (tertiary/aromatic N) is 1. The molecule has 1 aliphatic heterocycles. The second-order valence-corrected chi connectivity index (χ2v) is 5.16. The molecule has 1 saturated heterocycles. The molecule has 1 fully saturated rings. The largest absolute Gasteiger partial charge is 0.371 e. The van der Waals surface area contributed by atoms with Crippen LogP contribution in [0.2, 0.25) is 0 Å². The molecule has 1 heterocycles. The lowest BCUT2D eigenvalue weighted by Gasteiger charge is -2.34. The van der Waals surface area contributed by atoms with E-state index < -0.39 is 0 Å². The van der Waals surface area contributed by atoms with Gasteiger partial charge in [0.2, 0.25) is 0 Å². The highest BCUT2D eigenvalue weighted by atomic mass is 127. The summed E-state index contributed by atoms with van der Waals surface area (Å²) in [4.78, 5) is 2.50. The third-order valence-electron chi connectivity index (χ3n) is 3.10. The van der Waals surface area contributed by atoms with E-state index in [1.165, 1.54) is 35.2 Å². The number of para-hydroxylation sites is 1. The van der Waals surface area contributed by atoms with E-state index in [1.54, 1.807) is 0 Å². The highest BCUT2D eigenvalue weighted by molar-refractivity contribution is 14.1. The predicted octanol–water partition coefficient (Wildman–Crippen LogP) is 2.48. The van der Waals surface area contributed by atoms with Gasteiger partial charge in [-0.25, -0.2) is 0 Å². The van der Waals surface area contributed by atoms with Gasteiger partial charge in [0.25, 0.3) is 0 Å². The molecule has 0 amide bonds. The van der Waals surface area contributed by atoms with Crippen LogP contribution in [-0.4, -0.2) is 26.2 Å². The van der Waals surface area contributed by atoms with Gasteiger partial charge in [0.15, 0.2) is 0 Å². The number of nitrogens with one attached hydrogen (secondary N) is 1. The Balaban J connectivity index is 2.04. The molecule has 15 heavy (non-hydrogen) atoms. The van der Waals surface area contributed by atoms with Crippen molar-refractivity contribution in [2.75, 3.05) is 25.0 Å². The van der Waals surface area contributed by atoms with Crippen LogP contribution in [0.25, 0.3) is 0 Å². The van der Waals surface area contributed by atoms with Gasteiger partial charge < -0.3 is 10.2 Å².